The number of urea groups is 1. The van der Waals surface area contributed by atoms with Gasteiger partial charge in [0.25, 0.3) is 5.69 Å². The summed E-state index contributed by atoms with van der Waals surface area (Å²) < 4.78 is 5.81. The molecule has 0 atom stereocenters. The molecule has 2 aromatic carbocycles. The molecule has 0 aromatic heterocycles. The summed E-state index contributed by atoms with van der Waals surface area (Å²) in [6.07, 6.45) is 0. The van der Waals surface area contributed by atoms with Gasteiger partial charge in [-0.2, -0.15) is 0 Å². The van der Waals surface area contributed by atoms with Gasteiger partial charge in [0.2, 0.25) is 0 Å². The highest BCUT2D eigenvalue weighted by Gasteiger charge is 2.10. The first-order chi connectivity index (χ1) is 10.9. The number of carbonyl (C=O) groups excluding carboxylic acids is 1. The second-order valence-corrected chi connectivity index (χ2v) is 5.00. The quantitative estimate of drug-likeness (QED) is 0.663. The lowest BCUT2D eigenvalue weighted by molar-refractivity contribution is -0.384. The largest absolute Gasteiger partial charge is 0.457 e. The summed E-state index contributed by atoms with van der Waals surface area (Å²) in [7, 11) is 1.54. The number of hydrogen-bond donors (Lipinski definition) is 2. The van der Waals surface area contributed by atoms with Gasteiger partial charge >= 0.3 is 6.03 Å². The van der Waals surface area contributed by atoms with E-state index in [0.29, 0.717) is 17.2 Å². The SMILES string of the molecule is CNC(=O)Nc1cc(C)c(Oc2ccc([N+](=O)[O-])cc2)c(C)c1. The van der Waals surface area contributed by atoms with Crippen LogP contribution in [0.5, 0.6) is 11.5 Å². The molecule has 23 heavy (non-hydrogen) atoms. The fraction of sp³-hybridized carbons (Fsp3) is 0.188. The molecule has 0 bridgehead atoms. The van der Waals surface area contributed by atoms with Crippen molar-refractivity contribution < 1.29 is 14.5 Å². The Kier molecular flexibility index (Phi) is 4.80. The van der Waals surface area contributed by atoms with E-state index in [-0.39, 0.29) is 11.7 Å². The Labute approximate surface area is 133 Å². The minimum Gasteiger partial charge on any atom is -0.457 e. The van der Waals surface area contributed by atoms with Gasteiger partial charge in [-0.05, 0) is 49.2 Å². The Bertz CT molecular complexity index is 718. The Morgan fingerprint density at radius 1 is 1.13 bits per heavy atom. The normalized spacial score (nSPS) is 10.0. The molecule has 2 rings (SSSR count). The third-order valence-corrected chi connectivity index (χ3v) is 3.21. The van der Waals surface area contributed by atoms with Crippen molar-refractivity contribution in [2.24, 2.45) is 0 Å². The van der Waals surface area contributed by atoms with E-state index in [2.05, 4.69) is 10.6 Å². The Morgan fingerprint density at radius 3 is 2.17 bits per heavy atom. The molecule has 120 valence electrons. The monoisotopic (exact) mass is 315 g/mol. The predicted molar refractivity (Wildman–Crippen MR) is 87.2 cm³/mol. The maximum absolute atomic E-state index is 11.4. The summed E-state index contributed by atoms with van der Waals surface area (Å²) in [4.78, 5) is 21.6. The number of hydrogen-bond acceptors (Lipinski definition) is 4. The van der Waals surface area contributed by atoms with Gasteiger partial charge < -0.3 is 15.4 Å². The van der Waals surface area contributed by atoms with Crippen LogP contribution in [0.15, 0.2) is 36.4 Å². The van der Waals surface area contributed by atoms with Crippen molar-refractivity contribution in [3.63, 3.8) is 0 Å². The number of ether oxygens (including phenoxy) is 1. The number of rotatable bonds is 4. The van der Waals surface area contributed by atoms with Crippen LogP contribution in [-0.4, -0.2) is 18.0 Å². The van der Waals surface area contributed by atoms with Crippen LogP contribution in [0.4, 0.5) is 16.2 Å². The number of carbonyl (C=O) groups is 1. The molecule has 0 fully saturated rings. The van der Waals surface area contributed by atoms with E-state index >= 15 is 0 Å². The van der Waals surface area contributed by atoms with Crippen LogP contribution in [-0.2, 0) is 0 Å². The summed E-state index contributed by atoms with van der Waals surface area (Å²) in [5, 5.41) is 15.8. The zero-order chi connectivity index (χ0) is 17.0. The number of nitro benzene ring substituents is 1. The van der Waals surface area contributed by atoms with Gasteiger partial charge in [-0.3, -0.25) is 10.1 Å². The van der Waals surface area contributed by atoms with Crippen molar-refractivity contribution in [1.29, 1.82) is 0 Å². The second kappa shape index (κ2) is 6.78. The number of anilines is 1. The van der Waals surface area contributed by atoms with Crippen molar-refractivity contribution in [2.45, 2.75) is 13.8 Å². The maximum atomic E-state index is 11.4. The summed E-state index contributed by atoms with van der Waals surface area (Å²) in [6, 6.07) is 9.17. The first-order valence-electron chi connectivity index (χ1n) is 6.93. The number of nitro groups is 1. The van der Waals surface area contributed by atoms with Crippen molar-refractivity contribution in [3.8, 4) is 11.5 Å². The molecule has 0 aliphatic carbocycles. The van der Waals surface area contributed by atoms with Crippen molar-refractivity contribution >= 4 is 17.4 Å². The molecule has 7 heteroatoms. The lowest BCUT2D eigenvalue weighted by Crippen LogP contribution is -2.24. The lowest BCUT2D eigenvalue weighted by Gasteiger charge is -2.14. The third kappa shape index (κ3) is 3.97. The molecule has 0 unspecified atom stereocenters. The van der Waals surface area contributed by atoms with E-state index in [1.54, 1.807) is 31.3 Å². The minimum atomic E-state index is -0.459. The number of nitrogens with zero attached hydrogens (tertiary/aromatic N) is 1. The van der Waals surface area contributed by atoms with E-state index in [1.165, 1.54) is 12.1 Å². The summed E-state index contributed by atoms with van der Waals surface area (Å²) in [5.74, 6) is 1.16. The fourth-order valence-corrected chi connectivity index (χ4v) is 2.13. The van der Waals surface area contributed by atoms with E-state index in [1.807, 2.05) is 13.8 Å². The highest BCUT2D eigenvalue weighted by molar-refractivity contribution is 5.89. The van der Waals surface area contributed by atoms with Crippen LogP contribution >= 0.6 is 0 Å². The van der Waals surface area contributed by atoms with Crippen LogP contribution in [0.3, 0.4) is 0 Å². The first-order valence-corrected chi connectivity index (χ1v) is 6.93. The molecular formula is C16H17N3O4. The van der Waals surface area contributed by atoms with E-state index in [9.17, 15) is 14.9 Å². The standard InChI is InChI=1S/C16H17N3O4/c1-10-8-12(18-16(20)17-3)9-11(2)15(10)23-14-6-4-13(5-7-14)19(21)22/h4-9H,1-3H3,(H2,17,18,20). The molecule has 0 aliphatic rings. The van der Waals surface area contributed by atoms with E-state index in [0.717, 1.165) is 11.1 Å². The van der Waals surface area contributed by atoms with Crippen molar-refractivity contribution in [1.82, 2.24) is 5.32 Å². The first kappa shape index (κ1) is 16.3. The molecule has 0 spiro atoms. The van der Waals surface area contributed by atoms with Crippen LogP contribution < -0.4 is 15.4 Å². The minimum absolute atomic E-state index is 0.0101. The topological polar surface area (TPSA) is 93.5 Å². The smallest absolute Gasteiger partial charge is 0.318 e. The highest BCUT2D eigenvalue weighted by Crippen LogP contribution is 2.32. The maximum Gasteiger partial charge on any atom is 0.318 e. The Balaban J connectivity index is 2.23. The van der Waals surface area contributed by atoms with Gasteiger partial charge in [0, 0.05) is 24.9 Å². The summed E-state index contributed by atoms with van der Waals surface area (Å²) in [5.41, 5.74) is 2.36. The van der Waals surface area contributed by atoms with Crippen LogP contribution in [0.1, 0.15) is 11.1 Å². The number of amides is 2. The average Bonchev–Trinajstić information content (AvgIpc) is 2.51. The molecule has 0 saturated heterocycles. The predicted octanol–water partition coefficient (Wildman–Crippen LogP) is 3.76. The molecule has 0 aliphatic heterocycles. The van der Waals surface area contributed by atoms with Gasteiger partial charge in [-0.15, -0.1) is 0 Å². The molecule has 2 amide bonds. The Morgan fingerprint density at radius 2 is 1.70 bits per heavy atom. The lowest BCUT2D eigenvalue weighted by atomic mass is 10.1. The molecule has 2 N–H and O–H groups in total. The Hall–Kier alpha value is -3.09. The van der Waals surface area contributed by atoms with Crippen molar-refractivity contribution in [3.05, 3.63) is 57.6 Å². The van der Waals surface area contributed by atoms with Gasteiger partial charge in [-0.25, -0.2) is 4.79 Å². The zero-order valence-corrected chi connectivity index (χ0v) is 13.0. The fourth-order valence-electron chi connectivity index (χ4n) is 2.13. The molecule has 2 aromatic rings. The number of benzene rings is 2. The van der Waals surface area contributed by atoms with Gasteiger partial charge in [0.1, 0.15) is 11.5 Å². The summed E-state index contributed by atoms with van der Waals surface area (Å²) in [6.45, 7) is 3.73. The molecule has 7 nitrogen and oxygen atoms in total. The third-order valence-electron chi connectivity index (χ3n) is 3.21. The average molecular weight is 315 g/mol. The van der Waals surface area contributed by atoms with Crippen molar-refractivity contribution in [2.75, 3.05) is 12.4 Å². The molecule has 0 saturated carbocycles. The second-order valence-electron chi connectivity index (χ2n) is 5.00. The summed E-state index contributed by atoms with van der Waals surface area (Å²) >= 11 is 0. The van der Waals surface area contributed by atoms with Gasteiger partial charge in [0.05, 0.1) is 4.92 Å². The molecule has 0 radical (unpaired) electrons. The highest BCUT2D eigenvalue weighted by atomic mass is 16.6. The number of aryl methyl sites for hydroxylation is 2. The zero-order valence-electron chi connectivity index (χ0n) is 13.0. The molecule has 0 heterocycles. The van der Waals surface area contributed by atoms with Gasteiger partial charge in [0.15, 0.2) is 0 Å². The van der Waals surface area contributed by atoms with E-state index < -0.39 is 4.92 Å². The van der Waals surface area contributed by atoms with Crippen LogP contribution in [0.25, 0.3) is 0 Å². The number of non-ortho nitro benzene ring substituents is 1. The van der Waals surface area contributed by atoms with Crippen LogP contribution in [0, 0.1) is 24.0 Å². The van der Waals surface area contributed by atoms with Gasteiger partial charge in [-0.1, -0.05) is 0 Å². The van der Waals surface area contributed by atoms with Crippen LogP contribution in [0.2, 0.25) is 0 Å². The number of nitrogens with one attached hydrogen (secondary N) is 2. The molecular weight excluding hydrogens is 298 g/mol. The van der Waals surface area contributed by atoms with E-state index in [4.69, 9.17) is 4.74 Å².